The molecule has 4 nitrogen and oxygen atoms in total. The molecule has 0 aliphatic carbocycles. The summed E-state index contributed by atoms with van der Waals surface area (Å²) in [6.45, 7) is 11.9. The molecule has 2 heterocycles. The second-order valence-electron chi connectivity index (χ2n) is 6.98. The molecule has 0 saturated carbocycles. The summed E-state index contributed by atoms with van der Waals surface area (Å²) in [5.41, 5.74) is 0.447. The Balaban J connectivity index is 1.89. The molecule has 1 aromatic rings. The van der Waals surface area contributed by atoms with Crippen LogP contribution in [0.3, 0.4) is 0 Å². The van der Waals surface area contributed by atoms with Crippen LogP contribution < -0.4 is 0 Å². The molecular formula is C16H29N3O. The number of nitrogens with zero attached hydrogens (tertiary/aromatic N) is 3. The van der Waals surface area contributed by atoms with Gasteiger partial charge in [0.1, 0.15) is 0 Å². The Labute approximate surface area is 122 Å². The van der Waals surface area contributed by atoms with Gasteiger partial charge in [0.2, 0.25) is 0 Å². The average molecular weight is 279 g/mol. The van der Waals surface area contributed by atoms with Crippen LogP contribution in [-0.4, -0.2) is 45.0 Å². The first-order valence-electron chi connectivity index (χ1n) is 7.87. The quantitative estimate of drug-likeness (QED) is 0.900. The molecule has 2 rings (SSSR count). The van der Waals surface area contributed by atoms with Crippen molar-refractivity contribution in [3.63, 3.8) is 0 Å². The van der Waals surface area contributed by atoms with Crippen molar-refractivity contribution in [3.05, 3.63) is 18.0 Å². The molecule has 0 atom stereocenters. The molecule has 20 heavy (non-hydrogen) atoms. The van der Waals surface area contributed by atoms with Crippen molar-refractivity contribution in [3.8, 4) is 0 Å². The molecule has 0 radical (unpaired) electrons. The van der Waals surface area contributed by atoms with E-state index in [4.69, 9.17) is 0 Å². The molecular weight excluding hydrogens is 250 g/mol. The zero-order valence-corrected chi connectivity index (χ0v) is 13.3. The maximum Gasteiger partial charge on any atom is 0.0728 e. The molecule has 0 amide bonds. The van der Waals surface area contributed by atoms with Gasteiger partial charge in [0.05, 0.1) is 11.3 Å². The first-order valence-corrected chi connectivity index (χ1v) is 7.87. The minimum atomic E-state index is -0.566. The lowest BCUT2D eigenvalue weighted by molar-refractivity contribution is -0.0234. The number of piperidine rings is 1. The predicted molar refractivity (Wildman–Crippen MR) is 81.8 cm³/mol. The number of likely N-dealkylation sites (tertiary alicyclic amines) is 1. The Bertz CT molecular complexity index is 417. The second-order valence-corrected chi connectivity index (χ2v) is 6.98. The number of rotatable bonds is 5. The zero-order valence-electron chi connectivity index (χ0n) is 13.3. The van der Waals surface area contributed by atoms with Crippen LogP contribution >= 0.6 is 0 Å². The van der Waals surface area contributed by atoms with E-state index >= 15 is 0 Å². The Morgan fingerprint density at radius 3 is 2.40 bits per heavy atom. The normalized spacial score (nSPS) is 19.9. The lowest BCUT2D eigenvalue weighted by Crippen LogP contribution is -2.46. The summed E-state index contributed by atoms with van der Waals surface area (Å²) in [6, 6.07) is 2.42. The van der Waals surface area contributed by atoms with E-state index in [1.807, 2.05) is 16.9 Å². The van der Waals surface area contributed by atoms with Crippen molar-refractivity contribution in [1.29, 1.82) is 0 Å². The third-order valence-electron chi connectivity index (χ3n) is 4.11. The summed E-state index contributed by atoms with van der Waals surface area (Å²) in [5.74, 6) is 0.697. The van der Waals surface area contributed by atoms with Crippen LogP contribution in [0.4, 0.5) is 0 Å². The second kappa shape index (κ2) is 6.27. The molecule has 0 spiro atoms. The summed E-state index contributed by atoms with van der Waals surface area (Å²) in [6.07, 6.45) is 4.40. The summed E-state index contributed by atoms with van der Waals surface area (Å²) in [4.78, 5) is 2.46. The highest BCUT2D eigenvalue weighted by Crippen LogP contribution is 2.26. The third kappa shape index (κ3) is 4.06. The lowest BCUT2D eigenvalue weighted by atomic mass is 9.87. The van der Waals surface area contributed by atoms with Gasteiger partial charge in [-0.05, 0) is 38.7 Å². The van der Waals surface area contributed by atoms with Gasteiger partial charge < -0.3 is 10.0 Å². The standard InChI is InChI=1S/C16H29N3O/c1-13(2)12-18-9-6-16(20,7-10-18)11-15-5-8-19(17-15)14(3)4/h5,8,13-14,20H,6-7,9-12H2,1-4H3. The molecule has 0 bridgehead atoms. The fourth-order valence-electron chi connectivity index (χ4n) is 2.94. The third-order valence-corrected chi connectivity index (χ3v) is 4.11. The Morgan fingerprint density at radius 2 is 1.90 bits per heavy atom. The highest BCUT2D eigenvalue weighted by molar-refractivity contribution is 5.05. The zero-order chi connectivity index (χ0) is 14.8. The van der Waals surface area contributed by atoms with E-state index in [1.165, 1.54) is 0 Å². The minimum Gasteiger partial charge on any atom is -0.389 e. The van der Waals surface area contributed by atoms with Crippen LogP contribution in [-0.2, 0) is 6.42 Å². The van der Waals surface area contributed by atoms with Gasteiger partial charge in [-0.3, -0.25) is 4.68 Å². The fraction of sp³-hybridized carbons (Fsp3) is 0.812. The smallest absolute Gasteiger partial charge is 0.0728 e. The SMILES string of the molecule is CC(C)CN1CCC(O)(Cc2ccn(C(C)C)n2)CC1. The van der Waals surface area contributed by atoms with Crippen molar-refractivity contribution in [1.82, 2.24) is 14.7 Å². The van der Waals surface area contributed by atoms with Gasteiger partial charge in [-0.1, -0.05) is 13.8 Å². The van der Waals surface area contributed by atoms with E-state index in [0.717, 1.165) is 38.2 Å². The first-order chi connectivity index (χ1) is 9.38. The van der Waals surface area contributed by atoms with Crippen molar-refractivity contribution in [2.24, 2.45) is 5.92 Å². The molecule has 1 saturated heterocycles. The van der Waals surface area contributed by atoms with Crippen LogP contribution in [0, 0.1) is 5.92 Å². The van der Waals surface area contributed by atoms with E-state index in [9.17, 15) is 5.11 Å². The molecule has 1 aliphatic heterocycles. The molecule has 1 aliphatic rings. The predicted octanol–water partition coefficient (Wildman–Crippen LogP) is 2.49. The molecule has 1 fully saturated rings. The summed E-state index contributed by atoms with van der Waals surface area (Å²) in [5, 5.41) is 15.3. The number of hydrogen-bond donors (Lipinski definition) is 1. The van der Waals surface area contributed by atoms with E-state index < -0.39 is 5.60 Å². The highest BCUT2D eigenvalue weighted by Gasteiger charge is 2.33. The lowest BCUT2D eigenvalue weighted by Gasteiger charge is -2.38. The molecule has 1 N–H and O–H groups in total. The van der Waals surface area contributed by atoms with Gasteiger partial charge in [-0.15, -0.1) is 0 Å². The first kappa shape index (κ1) is 15.5. The van der Waals surface area contributed by atoms with E-state index in [0.29, 0.717) is 18.4 Å². The Kier molecular flexibility index (Phi) is 4.86. The number of hydrogen-bond acceptors (Lipinski definition) is 3. The van der Waals surface area contributed by atoms with Gasteiger partial charge in [0, 0.05) is 38.3 Å². The maximum absolute atomic E-state index is 10.7. The van der Waals surface area contributed by atoms with Gasteiger partial charge in [0.25, 0.3) is 0 Å². The molecule has 0 aromatic carbocycles. The highest BCUT2D eigenvalue weighted by atomic mass is 16.3. The monoisotopic (exact) mass is 279 g/mol. The summed E-state index contributed by atoms with van der Waals surface area (Å²) in [7, 11) is 0. The molecule has 0 unspecified atom stereocenters. The molecule has 114 valence electrons. The van der Waals surface area contributed by atoms with Crippen LogP contribution in [0.15, 0.2) is 12.3 Å². The number of aliphatic hydroxyl groups is 1. The number of aromatic nitrogens is 2. The van der Waals surface area contributed by atoms with Crippen molar-refractivity contribution < 1.29 is 5.11 Å². The Hall–Kier alpha value is -0.870. The van der Waals surface area contributed by atoms with Crippen molar-refractivity contribution in [2.75, 3.05) is 19.6 Å². The Morgan fingerprint density at radius 1 is 1.25 bits per heavy atom. The largest absolute Gasteiger partial charge is 0.389 e. The van der Waals surface area contributed by atoms with Gasteiger partial charge in [-0.25, -0.2) is 0 Å². The van der Waals surface area contributed by atoms with Gasteiger partial charge >= 0.3 is 0 Å². The topological polar surface area (TPSA) is 41.3 Å². The minimum absolute atomic E-state index is 0.381. The van der Waals surface area contributed by atoms with Crippen LogP contribution in [0.5, 0.6) is 0 Å². The van der Waals surface area contributed by atoms with Crippen molar-refractivity contribution >= 4 is 0 Å². The van der Waals surface area contributed by atoms with Gasteiger partial charge in [0.15, 0.2) is 0 Å². The van der Waals surface area contributed by atoms with Crippen LogP contribution in [0.25, 0.3) is 0 Å². The molecule has 1 aromatic heterocycles. The summed E-state index contributed by atoms with van der Waals surface area (Å²) < 4.78 is 1.96. The van der Waals surface area contributed by atoms with Crippen molar-refractivity contribution in [2.45, 2.75) is 58.6 Å². The van der Waals surface area contributed by atoms with E-state index in [1.54, 1.807) is 0 Å². The van der Waals surface area contributed by atoms with E-state index in [2.05, 4.69) is 37.7 Å². The van der Waals surface area contributed by atoms with E-state index in [-0.39, 0.29) is 0 Å². The fourth-order valence-corrected chi connectivity index (χ4v) is 2.94. The molecule has 4 heteroatoms. The van der Waals surface area contributed by atoms with Gasteiger partial charge in [-0.2, -0.15) is 5.10 Å². The average Bonchev–Trinajstić information content (AvgIpc) is 2.80. The summed E-state index contributed by atoms with van der Waals surface area (Å²) >= 11 is 0. The van der Waals surface area contributed by atoms with Crippen LogP contribution in [0.2, 0.25) is 0 Å². The maximum atomic E-state index is 10.7. The van der Waals surface area contributed by atoms with Crippen LogP contribution in [0.1, 0.15) is 52.3 Å².